The Morgan fingerprint density at radius 3 is 1.57 bits per heavy atom. The Balaban J connectivity index is 0.000000177. The summed E-state index contributed by atoms with van der Waals surface area (Å²) in [5.74, 6) is 1.28. The molecule has 9 rings (SSSR count). The van der Waals surface area contributed by atoms with Crippen LogP contribution in [0, 0.1) is 13.8 Å². The van der Waals surface area contributed by atoms with Gasteiger partial charge < -0.3 is 34.5 Å². The summed E-state index contributed by atoms with van der Waals surface area (Å²) in [5, 5.41) is 17.7. The van der Waals surface area contributed by atoms with Gasteiger partial charge in [-0.25, -0.2) is 0 Å². The topological polar surface area (TPSA) is 144 Å². The highest BCUT2D eigenvalue weighted by Crippen LogP contribution is 2.35. The number of nitrogens with one attached hydrogen (secondary N) is 3. The lowest BCUT2D eigenvalue weighted by Gasteiger charge is -2.33. The van der Waals surface area contributed by atoms with Crippen molar-refractivity contribution >= 4 is 11.8 Å². The lowest BCUT2D eigenvalue weighted by atomic mass is 9.98. The molecule has 0 aliphatic carbocycles. The number of carbonyl (C=O) groups is 2. The van der Waals surface area contributed by atoms with E-state index in [2.05, 4.69) is 55.4 Å². The summed E-state index contributed by atoms with van der Waals surface area (Å²) in [7, 11) is 0. The molecule has 0 radical (unpaired) electrons. The summed E-state index contributed by atoms with van der Waals surface area (Å²) in [6.07, 6.45) is -0.00571. The number of rotatable bonds is 12. The second-order valence-corrected chi connectivity index (χ2v) is 15.6. The van der Waals surface area contributed by atoms with Crippen LogP contribution in [0.3, 0.4) is 0 Å². The number of hydrogen-bond donors (Lipinski definition) is 3. The zero-order chi connectivity index (χ0) is 43.4. The summed E-state index contributed by atoms with van der Waals surface area (Å²) < 4.78 is 22.4. The third-order valence-electron chi connectivity index (χ3n) is 11.1. The molecule has 0 spiro atoms. The van der Waals surface area contributed by atoms with Crippen molar-refractivity contribution in [1.82, 2.24) is 31.2 Å². The largest absolute Gasteiger partial charge is 0.374 e. The molecule has 12 nitrogen and oxygen atoms in total. The summed E-state index contributed by atoms with van der Waals surface area (Å²) in [6, 6.07) is 45.4. The Kier molecular flexibility index (Phi) is 14.3. The average molecular weight is 845 g/mol. The normalized spacial score (nSPS) is 16.4. The van der Waals surface area contributed by atoms with Gasteiger partial charge >= 0.3 is 0 Å². The number of morpholine rings is 2. The van der Waals surface area contributed by atoms with Gasteiger partial charge in [0.15, 0.2) is 0 Å². The molecule has 2 aliphatic heterocycles. The van der Waals surface area contributed by atoms with E-state index >= 15 is 0 Å². The molecule has 0 bridgehead atoms. The van der Waals surface area contributed by atoms with Crippen molar-refractivity contribution in [2.24, 2.45) is 0 Å². The molecule has 7 aromatic rings. The first-order valence-corrected chi connectivity index (χ1v) is 21.4. The van der Waals surface area contributed by atoms with Crippen molar-refractivity contribution in [3.05, 3.63) is 168 Å². The SMILES string of the molecule is Cc1onc(-c2ccccc2)c1-c1ccc(C(=O)NCC2CN(Cc3ccccc3)CCO2)cc1.Cc1onc(-c2ccccc2)c1-c1ccc(C(=O)NCC2CNCCO2)cc1. The van der Waals surface area contributed by atoms with Gasteiger partial charge in [-0.15, -0.1) is 0 Å². The zero-order valence-electron chi connectivity index (χ0n) is 35.6. The van der Waals surface area contributed by atoms with Crippen LogP contribution in [-0.4, -0.2) is 91.7 Å². The Labute approximate surface area is 367 Å². The van der Waals surface area contributed by atoms with Gasteiger partial charge in [0.2, 0.25) is 0 Å². The standard InChI is InChI=1S/C29H29N3O3.C22H23N3O3/c1-21-27(28(31-35-21)24-10-6-3-7-11-24)23-12-14-25(15-13-23)29(33)30-18-26-20-32(16-17-34-26)19-22-8-4-2-5-9-22;1-15-20(21(25-28-15)17-5-3-2-4-6-17)16-7-9-18(10-8-16)22(26)24-14-19-13-23-11-12-27-19/h2-15,26H,16-20H2,1H3,(H,30,33);2-10,19,23H,11-14H2,1H3,(H,24,26). The maximum Gasteiger partial charge on any atom is 0.251 e. The van der Waals surface area contributed by atoms with E-state index in [1.807, 2.05) is 129 Å². The monoisotopic (exact) mass is 844 g/mol. The lowest BCUT2D eigenvalue weighted by molar-refractivity contribution is -0.0292. The molecule has 2 fully saturated rings. The second-order valence-electron chi connectivity index (χ2n) is 15.6. The molecule has 0 saturated carbocycles. The predicted molar refractivity (Wildman–Crippen MR) is 243 cm³/mol. The van der Waals surface area contributed by atoms with Crippen molar-refractivity contribution in [2.75, 3.05) is 52.5 Å². The quantitative estimate of drug-likeness (QED) is 0.111. The smallest absolute Gasteiger partial charge is 0.251 e. The van der Waals surface area contributed by atoms with Crippen LogP contribution in [0.4, 0.5) is 0 Å². The van der Waals surface area contributed by atoms with Crippen molar-refractivity contribution in [2.45, 2.75) is 32.6 Å². The minimum absolute atomic E-state index is 0.0186. The van der Waals surface area contributed by atoms with Gasteiger partial charge in [0, 0.05) is 68.1 Å². The zero-order valence-corrected chi connectivity index (χ0v) is 35.6. The number of carbonyl (C=O) groups excluding carboxylic acids is 2. The molecule has 2 amide bonds. The van der Waals surface area contributed by atoms with Gasteiger partial charge in [-0.2, -0.15) is 0 Å². The molecule has 3 N–H and O–H groups in total. The fourth-order valence-corrected chi connectivity index (χ4v) is 7.84. The minimum atomic E-state index is -0.106. The van der Waals surface area contributed by atoms with Crippen LogP contribution in [0.15, 0.2) is 149 Å². The van der Waals surface area contributed by atoms with Crippen LogP contribution in [0.2, 0.25) is 0 Å². The number of aromatic nitrogens is 2. The van der Waals surface area contributed by atoms with Crippen LogP contribution in [-0.2, 0) is 16.0 Å². The average Bonchev–Trinajstić information content (AvgIpc) is 3.93. The molecule has 63 heavy (non-hydrogen) atoms. The van der Waals surface area contributed by atoms with E-state index in [0.29, 0.717) is 37.4 Å². The van der Waals surface area contributed by atoms with Crippen LogP contribution in [0.5, 0.6) is 0 Å². The van der Waals surface area contributed by atoms with Crippen molar-refractivity contribution in [3.8, 4) is 44.8 Å². The fourth-order valence-electron chi connectivity index (χ4n) is 7.84. The Hall–Kier alpha value is -6.70. The van der Waals surface area contributed by atoms with Crippen LogP contribution in [0.25, 0.3) is 44.8 Å². The molecule has 2 aromatic heterocycles. The van der Waals surface area contributed by atoms with Crippen LogP contribution in [0.1, 0.15) is 37.8 Å². The lowest BCUT2D eigenvalue weighted by Crippen LogP contribution is -2.47. The highest BCUT2D eigenvalue weighted by Gasteiger charge is 2.23. The van der Waals surface area contributed by atoms with E-state index < -0.39 is 0 Å². The summed E-state index contributed by atoms with van der Waals surface area (Å²) in [5.41, 5.74) is 9.93. The van der Waals surface area contributed by atoms with Crippen LogP contribution < -0.4 is 16.0 Å². The van der Waals surface area contributed by atoms with E-state index in [4.69, 9.17) is 18.5 Å². The molecule has 2 unspecified atom stereocenters. The van der Waals surface area contributed by atoms with E-state index in [-0.39, 0.29) is 24.0 Å². The van der Waals surface area contributed by atoms with Crippen molar-refractivity contribution in [3.63, 3.8) is 0 Å². The van der Waals surface area contributed by atoms with E-state index in [0.717, 1.165) is 89.0 Å². The highest BCUT2D eigenvalue weighted by molar-refractivity contribution is 5.96. The molecule has 5 aromatic carbocycles. The minimum Gasteiger partial charge on any atom is -0.374 e. The first kappa shape index (κ1) is 43.0. The third-order valence-corrected chi connectivity index (χ3v) is 11.1. The van der Waals surface area contributed by atoms with Crippen molar-refractivity contribution < 1.29 is 28.1 Å². The number of aryl methyl sites for hydroxylation is 2. The first-order chi connectivity index (χ1) is 30.9. The number of nitrogens with zero attached hydrogens (tertiary/aromatic N) is 3. The molecule has 2 aliphatic rings. The Bertz CT molecular complexity index is 2540. The number of hydrogen-bond acceptors (Lipinski definition) is 10. The third kappa shape index (κ3) is 11.0. The molecule has 12 heteroatoms. The Morgan fingerprint density at radius 1 is 0.603 bits per heavy atom. The number of benzene rings is 5. The summed E-state index contributed by atoms with van der Waals surface area (Å²) >= 11 is 0. The molecule has 4 heterocycles. The summed E-state index contributed by atoms with van der Waals surface area (Å²) in [4.78, 5) is 27.6. The molecular formula is C51H52N6O6. The van der Waals surface area contributed by atoms with E-state index in [1.54, 1.807) is 0 Å². The molecule has 322 valence electrons. The number of ether oxygens (including phenoxy) is 2. The molecule has 2 atom stereocenters. The van der Waals surface area contributed by atoms with Crippen molar-refractivity contribution in [1.29, 1.82) is 0 Å². The number of amides is 2. The predicted octanol–water partition coefficient (Wildman–Crippen LogP) is 7.98. The highest BCUT2D eigenvalue weighted by atomic mass is 16.5. The van der Waals surface area contributed by atoms with Gasteiger partial charge in [0.1, 0.15) is 22.9 Å². The maximum atomic E-state index is 12.8. The molecule has 2 saturated heterocycles. The van der Waals surface area contributed by atoms with Gasteiger partial charge in [-0.3, -0.25) is 14.5 Å². The summed E-state index contributed by atoms with van der Waals surface area (Å²) in [6.45, 7) is 10.3. The van der Waals surface area contributed by atoms with Crippen LogP contribution >= 0.6 is 0 Å². The van der Waals surface area contributed by atoms with Gasteiger partial charge in [-0.1, -0.05) is 126 Å². The van der Waals surface area contributed by atoms with E-state index in [9.17, 15) is 9.59 Å². The fraction of sp³-hybridized carbons (Fsp3) is 0.255. The maximum absolute atomic E-state index is 12.8. The van der Waals surface area contributed by atoms with Gasteiger partial charge in [-0.05, 0) is 54.8 Å². The second kappa shape index (κ2) is 20.9. The van der Waals surface area contributed by atoms with Gasteiger partial charge in [0.25, 0.3) is 11.8 Å². The first-order valence-electron chi connectivity index (χ1n) is 21.4. The van der Waals surface area contributed by atoms with E-state index in [1.165, 1.54) is 5.56 Å². The Morgan fingerprint density at radius 2 is 1.08 bits per heavy atom. The van der Waals surface area contributed by atoms with Gasteiger partial charge in [0.05, 0.1) is 36.5 Å². The molecular weight excluding hydrogens is 793 g/mol.